The van der Waals surface area contributed by atoms with Crippen LogP contribution in [0.2, 0.25) is 19.6 Å². The number of carbonyl (C=O) groups excluding carboxylic acids is 1. The zero-order valence-corrected chi connectivity index (χ0v) is 11.3. The molecule has 0 saturated carbocycles. The fourth-order valence-corrected chi connectivity index (χ4v) is 1.59. The van der Waals surface area contributed by atoms with Crippen molar-refractivity contribution in [1.29, 1.82) is 0 Å². The van der Waals surface area contributed by atoms with E-state index in [1.807, 2.05) is 0 Å². The zero-order chi connectivity index (χ0) is 11.4. The van der Waals surface area contributed by atoms with E-state index in [9.17, 15) is 4.79 Å². The van der Waals surface area contributed by atoms with Crippen LogP contribution in [0.15, 0.2) is 0 Å². The molecule has 0 aromatic heterocycles. The first-order valence-electron chi connectivity index (χ1n) is 4.56. The van der Waals surface area contributed by atoms with Gasteiger partial charge >= 0.3 is 5.97 Å². The summed E-state index contributed by atoms with van der Waals surface area (Å²) in [6, 6.07) is -0.102. The Kier molecular flexibility index (Phi) is 5.12. The molecule has 0 spiro atoms. The molecule has 0 aromatic carbocycles. The molecule has 14 heavy (non-hydrogen) atoms. The first-order chi connectivity index (χ1) is 6.19. The molecule has 84 valence electrons. The summed E-state index contributed by atoms with van der Waals surface area (Å²) in [4.78, 5) is 11.4. The van der Waals surface area contributed by atoms with E-state index in [0.717, 1.165) is 0 Å². The smallest absolute Gasteiger partial charge is 0.315 e. The van der Waals surface area contributed by atoms with Crippen LogP contribution in [-0.4, -0.2) is 27.0 Å². The van der Waals surface area contributed by atoms with Gasteiger partial charge in [0.1, 0.15) is 0 Å². The van der Waals surface area contributed by atoms with E-state index in [2.05, 4.69) is 19.6 Å². The summed E-state index contributed by atoms with van der Waals surface area (Å²) >= 11 is 5.32. The summed E-state index contributed by atoms with van der Waals surface area (Å²) < 4.78 is 10.4. The van der Waals surface area contributed by atoms with Crippen LogP contribution in [0.1, 0.15) is 13.8 Å². The van der Waals surface area contributed by atoms with Crippen molar-refractivity contribution < 1.29 is 14.0 Å². The van der Waals surface area contributed by atoms with E-state index in [4.69, 9.17) is 20.8 Å². The Morgan fingerprint density at radius 1 is 1.36 bits per heavy atom. The molecule has 5 heteroatoms. The fourth-order valence-electron chi connectivity index (χ4n) is 0.701. The molecule has 0 atom stereocenters. The summed E-state index contributed by atoms with van der Waals surface area (Å²) in [5.74, 6) is -0.314. The van der Waals surface area contributed by atoms with Crippen LogP contribution in [0.5, 0.6) is 0 Å². The van der Waals surface area contributed by atoms with Crippen LogP contribution in [0.25, 0.3) is 0 Å². The standard InChI is InChI=1S/C9H19ClO3Si/c1-9(2,8(11)12-7-10)6-13-14(3,4)5/h6-7H2,1-5H3. The number of hydrogen-bond donors (Lipinski definition) is 0. The zero-order valence-electron chi connectivity index (χ0n) is 9.52. The van der Waals surface area contributed by atoms with E-state index in [0.29, 0.717) is 6.61 Å². The fraction of sp³-hybridized carbons (Fsp3) is 0.889. The molecular weight excluding hydrogens is 220 g/mol. The summed E-state index contributed by atoms with van der Waals surface area (Å²) in [6.07, 6.45) is 0. The van der Waals surface area contributed by atoms with Crippen LogP contribution < -0.4 is 0 Å². The van der Waals surface area contributed by atoms with Crippen molar-refractivity contribution in [1.82, 2.24) is 0 Å². The van der Waals surface area contributed by atoms with Gasteiger partial charge in [-0.1, -0.05) is 11.6 Å². The highest BCUT2D eigenvalue weighted by atomic mass is 35.5. The van der Waals surface area contributed by atoms with Gasteiger partial charge in [-0.3, -0.25) is 4.79 Å². The minimum Gasteiger partial charge on any atom is -0.449 e. The third kappa shape index (κ3) is 5.62. The predicted octanol–water partition coefficient (Wildman–Crippen LogP) is 2.60. The molecule has 0 heterocycles. The van der Waals surface area contributed by atoms with E-state index < -0.39 is 13.7 Å². The summed E-state index contributed by atoms with van der Waals surface area (Å²) in [6.45, 7) is 10.2. The van der Waals surface area contributed by atoms with Gasteiger partial charge in [-0.2, -0.15) is 0 Å². The van der Waals surface area contributed by atoms with Crippen LogP contribution >= 0.6 is 11.6 Å². The Morgan fingerprint density at radius 3 is 2.21 bits per heavy atom. The lowest BCUT2D eigenvalue weighted by molar-refractivity contribution is -0.153. The van der Waals surface area contributed by atoms with Gasteiger partial charge in [-0.05, 0) is 33.5 Å². The largest absolute Gasteiger partial charge is 0.449 e. The van der Waals surface area contributed by atoms with Crippen LogP contribution in [-0.2, 0) is 14.0 Å². The number of ether oxygens (including phenoxy) is 1. The molecule has 0 radical (unpaired) electrons. The van der Waals surface area contributed by atoms with Gasteiger partial charge in [0.25, 0.3) is 0 Å². The average Bonchev–Trinajstić information content (AvgIpc) is 2.00. The Balaban J connectivity index is 4.13. The van der Waals surface area contributed by atoms with Crippen molar-refractivity contribution in [3.8, 4) is 0 Å². The highest BCUT2D eigenvalue weighted by molar-refractivity contribution is 6.69. The topological polar surface area (TPSA) is 35.5 Å². The lowest BCUT2D eigenvalue weighted by Crippen LogP contribution is -2.37. The number of esters is 1. The number of hydrogen-bond acceptors (Lipinski definition) is 3. The third-order valence-electron chi connectivity index (χ3n) is 1.60. The maximum atomic E-state index is 11.4. The monoisotopic (exact) mass is 238 g/mol. The minimum atomic E-state index is -1.58. The van der Waals surface area contributed by atoms with Crippen molar-refractivity contribution in [2.24, 2.45) is 5.41 Å². The Morgan fingerprint density at radius 2 is 1.86 bits per heavy atom. The molecule has 0 N–H and O–H groups in total. The predicted molar refractivity (Wildman–Crippen MR) is 59.9 cm³/mol. The number of halogens is 1. The molecule has 0 bridgehead atoms. The normalized spacial score (nSPS) is 12.7. The Hall–Kier alpha value is -0.0631. The molecule has 0 saturated heterocycles. The van der Waals surface area contributed by atoms with Crippen molar-refractivity contribution in [3.05, 3.63) is 0 Å². The average molecular weight is 239 g/mol. The lowest BCUT2D eigenvalue weighted by Gasteiger charge is -2.26. The molecule has 0 amide bonds. The maximum Gasteiger partial charge on any atom is 0.315 e. The van der Waals surface area contributed by atoms with Gasteiger partial charge in [-0.25, -0.2) is 0 Å². The van der Waals surface area contributed by atoms with E-state index in [-0.39, 0.29) is 12.0 Å². The number of carbonyl (C=O) groups is 1. The molecule has 0 aliphatic heterocycles. The van der Waals surface area contributed by atoms with Gasteiger partial charge < -0.3 is 9.16 Å². The SMILES string of the molecule is CC(C)(CO[Si](C)(C)C)C(=O)OCCl. The molecule has 0 rings (SSSR count). The second-order valence-electron chi connectivity index (χ2n) is 4.83. The quantitative estimate of drug-likeness (QED) is 0.420. The van der Waals surface area contributed by atoms with Crippen molar-refractivity contribution in [2.45, 2.75) is 33.5 Å². The minimum absolute atomic E-state index is 0.102. The molecule has 0 unspecified atom stereocenters. The highest BCUT2D eigenvalue weighted by Gasteiger charge is 2.31. The van der Waals surface area contributed by atoms with Gasteiger partial charge in [0.2, 0.25) is 0 Å². The highest BCUT2D eigenvalue weighted by Crippen LogP contribution is 2.20. The summed E-state index contributed by atoms with van der Waals surface area (Å²) in [5.41, 5.74) is -0.616. The van der Waals surface area contributed by atoms with E-state index >= 15 is 0 Å². The summed E-state index contributed by atoms with van der Waals surface area (Å²) in [5, 5.41) is 0. The van der Waals surface area contributed by atoms with Crippen molar-refractivity contribution in [2.75, 3.05) is 12.7 Å². The summed E-state index contributed by atoms with van der Waals surface area (Å²) in [7, 11) is -1.58. The Labute approximate surface area is 91.9 Å². The Bertz CT molecular complexity index is 199. The van der Waals surface area contributed by atoms with Crippen LogP contribution in [0, 0.1) is 5.41 Å². The van der Waals surface area contributed by atoms with Gasteiger partial charge in [0.05, 0.1) is 5.41 Å². The second kappa shape index (κ2) is 5.14. The maximum absolute atomic E-state index is 11.4. The van der Waals surface area contributed by atoms with Crippen LogP contribution in [0.3, 0.4) is 0 Å². The van der Waals surface area contributed by atoms with Crippen LogP contribution in [0.4, 0.5) is 0 Å². The van der Waals surface area contributed by atoms with Gasteiger partial charge in [0.15, 0.2) is 14.4 Å². The van der Waals surface area contributed by atoms with Gasteiger partial charge in [-0.15, -0.1) is 0 Å². The number of rotatable bonds is 5. The van der Waals surface area contributed by atoms with Crippen molar-refractivity contribution >= 4 is 25.9 Å². The molecule has 0 aliphatic rings. The first kappa shape index (κ1) is 13.9. The molecule has 3 nitrogen and oxygen atoms in total. The molecule has 0 fully saturated rings. The van der Waals surface area contributed by atoms with Gasteiger partial charge in [0, 0.05) is 6.61 Å². The molecule has 0 aromatic rings. The lowest BCUT2D eigenvalue weighted by atomic mass is 9.95. The van der Waals surface area contributed by atoms with E-state index in [1.54, 1.807) is 13.8 Å². The first-order valence-corrected chi connectivity index (χ1v) is 8.50. The molecular formula is C9H19ClO3Si. The molecule has 0 aliphatic carbocycles. The second-order valence-corrected chi connectivity index (χ2v) is 9.56. The van der Waals surface area contributed by atoms with Crippen molar-refractivity contribution in [3.63, 3.8) is 0 Å². The number of alkyl halides is 1. The van der Waals surface area contributed by atoms with E-state index in [1.165, 1.54) is 0 Å². The third-order valence-corrected chi connectivity index (χ3v) is 2.72.